The molecule has 1 aromatic carbocycles. The van der Waals surface area contributed by atoms with Crippen LogP contribution in [-0.4, -0.2) is 20.4 Å². The standard InChI is InChI=1S/C12H20N4O3S/c1-12(2,3)10(13)11(17)15-8-5-4-6-9(7-8)16-20(14,18)19/h4-7,10,16H,13H2,1-3H3,(H,15,17)(H2,14,18,19). The van der Waals surface area contributed by atoms with Crippen molar-refractivity contribution in [2.45, 2.75) is 26.8 Å². The minimum Gasteiger partial charge on any atom is -0.325 e. The average Bonchev–Trinajstić information content (AvgIpc) is 2.24. The van der Waals surface area contributed by atoms with Crippen LogP contribution in [0, 0.1) is 5.41 Å². The first kappa shape index (κ1) is 16.4. The van der Waals surface area contributed by atoms with Crippen LogP contribution in [0.4, 0.5) is 11.4 Å². The number of hydrogen-bond acceptors (Lipinski definition) is 4. The predicted octanol–water partition coefficient (Wildman–Crippen LogP) is 0.614. The molecule has 0 aromatic heterocycles. The van der Waals surface area contributed by atoms with Crippen molar-refractivity contribution in [2.24, 2.45) is 16.3 Å². The summed E-state index contributed by atoms with van der Waals surface area (Å²) in [5.74, 6) is -0.342. The van der Waals surface area contributed by atoms with Crippen molar-refractivity contribution >= 4 is 27.5 Å². The molecule has 20 heavy (non-hydrogen) atoms. The van der Waals surface area contributed by atoms with Gasteiger partial charge in [-0.1, -0.05) is 26.8 Å². The molecule has 0 aliphatic heterocycles. The number of hydrogen-bond donors (Lipinski definition) is 4. The van der Waals surface area contributed by atoms with E-state index in [0.717, 1.165) is 0 Å². The minimum absolute atomic E-state index is 0.259. The van der Waals surface area contributed by atoms with Crippen LogP contribution < -0.4 is 20.9 Å². The van der Waals surface area contributed by atoms with Crippen molar-refractivity contribution in [3.63, 3.8) is 0 Å². The molecule has 1 atom stereocenters. The first-order chi connectivity index (χ1) is 8.99. The highest BCUT2D eigenvalue weighted by atomic mass is 32.2. The summed E-state index contributed by atoms with van der Waals surface area (Å²) in [5, 5.41) is 7.51. The fourth-order valence-electron chi connectivity index (χ4n) is 1.44. The molecule has 0 heterocycles. The van der Waals surface area contributed by atoms with Gasteiger partial charge in [0.2, 0.25) is 5.91 Å². The minimum atomic E-state index is -3.85. The van der Waals surface area contributed by atoms with E-state index in [1.807, 2.05) is 20.8 Å². The van der Waals surface area contributed by atoms with E-state index in [1.165, 1.54) is 12.1 Å². The van der Waals surface area contributed by atoms with E-state index in [9.17, 15) is 13.2 Å². The fraction of sp³-hybridized carbons (Fsp3) is 0.417. The molecule has 0 saturated heterocycles. The molecule has 0 aliphatic rings. The summed E-state index contributed by atoms with van der Waals surface area (Å²) in [6, 6.07) is 5.51. The second-order valence-corrected chi connectivity index (χ2v) is 6.85. The SMILES string of the molecule is CC(C)(C)C(N)C(=O)Nc1cccc(NS(N)(=O)=O)c1. The second kappa shape index (κ2) is 5.78. The summed E-state index contributed by atoms with van der Waals surface area (Å²) in [6.07, 6.45) is 0. The lowest BCUT2D eigenvalue weighted by Crippen LogP contribution is -2.45. The van der Waals surface area contributed by atoms with Crippen molar-refractivity contribution in [3.8, 4) is 0 Å². The lowest BCUT2D eigenvalue weighted by atomic mass is 9.87. The van der Waals surface area contributed by atoms with E-state index < -0.39 is 16.3 Å². The Kier molecular flexibility index (Phi) is 4.74. The molecular weight excluding hydrogens is 280 g/mol. The molecule has 0 spiro atoms. The molecule has 8 heteroatoms. The molecule has 1 amide bonds. The first-order valence-electron chi connectivity index (χ1n) is 5.96. The van der Waals surface area contributed by atoms with Gasteiger partial charge in [-0.2, -0.15) is 8.42 Å². The zero-order valence-electron chi connectivity index (χ0n) is 11.7. The molecule has 0 aliphatic carbocycles. The Hall–Kier alpha value is -1.64. The normalized spacial score (nSPS) is 13.7. The molecule has 1 unspecified atom stereocenters. The topological polar surface area (TPSA) is 127 Å². The van der Waals surface area contributed by atoms with Gasteiger partial charge in [-0.05, 0) is 23.6 Å². The highest BCUT2D eigenvalue weighted by Gasteiger charge is 2.27. The molecule has 0 saturated carbocycles. The third kappa shape index (κ3) is 5.16. The van der Waals surface area contributed by atoms with E-state index >= 15 is 0 Å². The molecule has 0 bridgehead atoms. The molecule has 0 fully saturated rings. The number of anilines is 2. The zero-order valence-corrected chi connectivity index (χ0v) is 12.5. The number of carbonyl (C=O) groups is 1. The largest absolute Gasteiger partial charge is 0.325 e. The first-order valence-corrected chi connectivity index (χ1v) is 7.51. The van der Waals surface area contributed by atoms with Gasteiger partial charge in [0.25, 0.3) is 10.2 Å². The molecule has 6 N–H and O–H groups in total. The number of amides is 1. The molecule has 7 nitrogen and oxygen atoms in total. The van der Waals surface area contributed by atoms with Gasteiger partial charge in [-0.15, -0.1) is 0 Å². The summed E-state index contributed by atoms with van der Waals surface area (Å²) in [6.45, 7) is 5.57. The Morgan fingerprint density at radius 3 is 2.30 bits per heavy atom. The van der Waals surface area contributed by atoms with Crippen molar-refractivity contribution in [2.75, 3.05) is 10.0 Å². The maximum Gasteiger partial charge on any atom is 0.296 e. The Balaban J connectivity index is 2.84. The number of rotatable bonds is 4. The summed E-state index contributed by atoms with van der Waals surface area (Å²) in [5.41, 5.74) is 6.16. The highest BCUT2D eigenvalue weighted by Crippen LogP contribution is 2.20. The number of benzene rings is 1. The molecule has 112 valence electrons. The summed E-state index contributed by atoms with van der Waals surface area (Å²) < 4.78 is 24.0. The molecular formula is C12H20N4O3S. The number of carbonyl (C=O) groups excluding carboxylic acids is 1. The predicted molar refractivity (Wildman–Crippen MR) is 79.2 cm³/mol. The van der Waals surface area contributed by atoms with Gasteiger partial charge in [0, 0.05) is 5.69 Å². The van der Waals surface area contributed by atoms with E-state index in [2.05, 4.69) is 10.0 Å². The number of nitrogens with two attached hydrogens (primary N) is 2. The van der Waals surface area contributed by atoms with Gasteiger partial charge in [0.1, 0.15) is 0 Å². The van der Waals surface area contributed by atoms with E-state index in [4.69, 9.17) is 10.9 Å². The van der Waals surface area contributed by atoms with Crippen LogP contribution in [0.5, 0.6) is 0 Å². The van der Waals surface area contributed by atoms with Gasteiger partial charge >= 0.3 is 0 Å². The maximum atomic E-state index is 12.0. The van der Waals surface area contributed by atoms with Crippen LogP contribution >= 0.6 is 0 Å². The van der Waals surface area contributed by atoms with Crippen molar-refractivity contribution < 1.29 is 13.2 Å². The monoisotopic (exact) mass is 300 g/mol. The lowest BCUT2D eigenvalue weighted by molar-refractivity contribution is -0.119. The quantitative estimate of drug-likeness (QED) is 0.649. The van der Waals surface area contributed by atoms with Crippen LogP contribution in [0.2, 0.25) is 0 Å². The molecule has 1 rings (SSSR count). The van der Waals surface area contributed by atoms with E-state index in [1.54, 1.807) is 12.1 Å². The molecule has 0 radical (unpaired) electrons. The van der Waals surface area contributed by atoms with E-state index in [0.29, 0.717) is 5.69 Å². The Morgan fingerprint density at radius 1 is 1.25 bits per heavy atom. The van der Waals surface area contributed by atoms with Gasteiger partial charge in [-0.3, -0.25) is 9.52 Å². The average molecular weight is 300 g/mol. The van der Waals surface area contributed by atoms with Crippen LogP contribution in [0.15, 0.2) is 24.3 Å². The Bertz CT molecular complexity index is 593. The lowest BCUT2D eigenvalue weighted by Gasteiger charge is -2.25. The van der Waals surface area contributed by atoms with E-state index in [-0.39, 0.29) is 17.0 Å². The van der Waals surface area contributed by atoms with Gasteiger partial charge in [0.15, 0.2) is 0 Å². The summed E-state index contributed by atoms with van der Waals surface area (Å²) >= 11 is 0. The molecule has 1 aromatic rings. The van der Waals surface area contributed by atoms with Crippen LogP contribution in [0.1, 0.15) is 20.8 Å². The Labute approximate surface area is 118 Å². The smallest absolute Gasteiger partial charge is 0.296 e. The highest BCUT2D eigenvalue weighted by molar-refractivity contribution is 7.90. The van der Waals surface area contributed by atoms with Gasteiger partial charge in [0.05, 0.1) is 11.7 Å². The maximum absolute atomic E-state index is 12.0. The summed E-state index contributed by atoms with van der Waals surface area (Å²) in [7, 11) is -3.85. The third-order valence-electron chi connectivity index (χ3n) is 2.61. The van der Waals surface area contributed by atoms with Crippen molar-refractivity contribution in [1.82, 2.24) is 0 Å². The van der Waals surface area contributed by atoms with Crippen molar-refractivity contribution in [1.29, 1.82) is 0 Å². The number of nitrogens with one attached hydrogen (secondary N) is 2. The van der Waals surface area contributed by atoms with Crippen LogP contribution in [-0.2, 0) is 15.0 Å². The van der Waals surface area contributed by atoms with Gasteiger partial charge in [-0.25, -0.2) is 5.14 Å². The van der Waals surface area contributed by atoms with Crippen LogP contribution in [0.3, 0.4) is 0 Å². The second-order valence-electron chi connectivity index (χ2n) is 5.56. The van der Waals surface area contributed by atoms with Crippen LogP contribution in [0.25, 0.3) is 0 Å². The third-order valence-corrected chi connectivity index (χ3v) is 3.13. The van der Waals surface area contributed by atoms with Crippen molar-refractivity contribution in [3.05, 3.63) is 24.3 Å². The zero-order chi connectivity index (χ0) is 15.6. The van der Waals surface area contributed by atoms with Gasteiger partial charge < -0.3 is 11.1 Å². The fourth-order valence-corrected chi connectivity index (χ4v) is 1.89. The Morgan fingerprint density at radius 2 is 1.80 bits per heavy atom. The summed E-state index contributed by atoms with van der Waals surface area (Å²) in [4.78, 5) is 12.0.